The third-order valence-corrected chi connectivity index (χ3v) is 4.16. The first-order valence-electron chi connectivity index (χ1n) is 8.08. The number of ether oxygens (including phenoxy) is 1. The lowest BCUT2D eigenvalue weighted by Gasteiger charge is -2.29. The largest absolute Gasteiger partial charge is 0.462 e. The van der Waals surface area contributed by atoms with E-state index < -0.39 is 29.1 Å². The number of rotatable bonds is 8. The number of amides is 1. The van der Waals surface area contributed by atoms with Gasteiger partial charge in [0.15, 0.2) is 11.6 Å². The standard InChI is InChI=1S/C19H18ClF2NO4/c20-11-17(24)23-12-19(26,14-6-7-15(21)16(22)10-14)8-9-27-18(25)13-4-2-1-3-5-13/h1-7,10,26H,8-9,11-12H2,(H,23,24). The van der Waals surface area contributed by atoms with Crippen molar-refractivity contribution in [1.82, 2.24) is 5.32 Å². The molecule has 0 aromatic heterocycles. The van der Waals surface area contributed by atoms with Gasteiger partial charge in [0.2, 0.25) is 5.91 Å². The van der Waals surface area contributed by atoms with Crippen LogP contribution >= 0.6 is 11.6 Å². The van der Waals surface area contributed by atoms with Crippen LogP contribution in [0.1, 0.15) is 22.3 Å². The maximum absolute atomic E-state index is 13.6. The fraction of sp³-hybridized carbons (Fsp3) is 0.263. The third-order valence-electron chi connectivity index (χ3n) is 3.91. The van der Waals surface area contributed by atoms with Crippen molar-refractivity contribution in [3.63, 3.8) is 0 Å². The average Bonchev–Trinajstić information content (AvgIpc) is 2.68. The van der Waals surface area contributed by atoms with Gasteiger partial charge < -0.3 is 15.2 Å². The number of alkyl halides is 1. The van der Waals surface area contributed by atoms with Crippen LogP contribution in [-0.2, 0) is 15.1 Å². The highest BCUT2D eigenvalue weighted by Crippen LogP contribution is 2.26. The highest BCUT2D eigenvalue weighted by Gasteiger charge is 2.31. The van der Waals surface area contributed by atoms with Crippen LogP contribution in [0.2, 0.25) is 0 Å². The van der Waals surface area contributed by atoms with Crippen molar-refractivity contribution in [3.8, 4) is 0 Å². The van der Waals surface area contributed by atoms with Crippen LogP contribution in [0.4, 0.5) is 8.78 Å². The molecule has 0 heterocycles. The zero-order valence-corrected chi connectivity index (χ0v) is 15.0. The summed E-state index contributed by atoms with van der Waals surface area (Å²) < 4.78 is 31.9. The lowest BCUT2D eigenvalue weighted by molar-refractivity contribution is -0.120. The Hall–Kier alpha value is -2.51. The minimum atomic E-state index is -1.78. The minimum absolute atomic E-state index is 0.0343. The van der Waals surface area contributed by atoms with Crippen LogP contribution in [-0.4, -0.2) is 36.0 Å². The molecule has 0 aliphatic heterocycles. The van der Waals surface area contributed by atoms with Crippen LogP contribution in [0.3, 0.4) is 0 Å². The monoisotopic (exact) mass is 397 g/mol. The number of hydrogen-bond donors (Lipinski definition) is 2. The van der Waals surface area contributed by atoms with Gasteiger partial charge in [0, 0.05) is 6.42 Å². The predicted octanol–water partition coefficient (Wildman–Crippen LogP) is 2.75. The molecule has 8 heteroatoms. The second-order valence-corrected chi connectivity index (χ2v) is 6.09. The Morgan fingerprint density at radius 2 is 1.81 bits per heavy atom. The van der Waals surface area contributed by atoms with Gasteiger partial charge in [0.05, 0.1) is 18.7 Å². The maximum atomic E-state index is 13.6. The SMILES string of the molecule is O=C(CCl)NCC(O)(CCOC(=O)c1ccccc1)c1ccc(F)c(F)c1. The number of esters is 1. The Morgan fingerprint density at radius 3 is 2.44 bits per heavy atom. The van der Waals surface area contributed by atoms with E-state index in [-0.39, 0.29) is 31.0 Å². The molecule has 0 fully saturated rings. The summed E-state index contributed by atoms with van der Waals surface area (Å²) in [4.78, 5) is 23.4. The second kappa shape index (κ2) is 9.43. The number of nitrogens with one attached hydrogen (secondary N) is 1. The van der Waals surface area contributed by atoms with Gasteiger partial charge in [-0.1, -0.05) is 24.3 Å². The number of aliphatic hydroxyl groups is 1. The number of carbonyl (C=O) groups excluding carboxylic acids is 2. The fourth-order valence-electron chi connectivity index (χ4n) is 2.38. The normalized spacial score (nSPS) is 12.9. The van der Waals surface area contributed by atoms with E-state index in [0.29, 0.717) is 5.56 Å². The number of benzene rings is 2. The van der Waals surface area contributed by atoms with Gasteiger partial charge in [-0.15, -0.1) is 11.6 Å². The molecule has 1 atom stereocenters. The van der Waals surface area contributed by atoms with E-state index in [4.69, 9.17) is 16.3 Å². The van der Waals surface area contributed by atoms with E-state index >= 15 is 0 Å². The van der Waals surface area contributed by atoms with Crippen molar-refractivity contribution < 1.29 is 28.2 Å². The van der Waals surface area contributed by atoms with Gasteiger partial charge in [-0.25, -0.2) is 13.6 Å². The number of halogens is 3. The molecule has 2 aromatic carbocycles. The van der Waals surface area contributed by atoms with Crippen molar-refractivity contribution in [2.75, 3.05) is 19.0 Å². The highest BCUT2D eigenvalue weighted by atomic mass is 35.5. The molecule has 0 radical (unpaired) electrons. The highest BCUT2D eigenvalue weighted by molar-refractivity contribution is 6.27. The van der Waals surface area contributed by atoms with E-state index in [0.717, 1.165) is 12.1 Å². The predicted molar refractivity (Wildman–Crippen MR) is 95.3 cm³/mol. The molecule has 2 N–H and O–H groups in total. The molecular weight excluding hydrogens is 380 g/mol. The maximum Gasteiger partial charge on any atom is 0.338 e. The summed E-state index contributed by atoms with van der Waals surface area (Å²) in [5.41, 5.74) is -1.41. The Morgan fingerprint density at radius 1 is 1.11 bits per heavy atom. The molecule has 144 valence electrons. The number of carbonyl (C=O) groups is 2. The molecule has 0 aliphatic carbocycles. The van der Waals surface area contributed by atoms with Crippen LogP contribution in [0.5, 0.6) is 0 Å². The summed E-state index contributed by atoms with van der Waals surface area (Å²) >= 11 is 5.41. The van der Waals surface area contributed by atoms with E-state index in [1.807, 2.05) is 0 Å². The first-order chi connectivity index (χ1) is 12.9. The third kappa shape index (κ3) is 5.74. The van der Waals surface area contributed by atoms with Gasteiger partial charge in [-0.3, -0.25) is 4.79 Å². The summed E-state index contributed by atoms with van der Waals surface area (Å²) in [5.74, 6) is -3.67. The van der Waals surface area contributed by atoms with Gasteiger partial charge in [0.25, 0.3) is 0 Å². The molecule has 0 saturated heterocycles. The molecule has 0 spiro atoms. The number of hydrogen-bond acceptors (Lipinski definition) is 4. The van der Waals surface area contributed by atoms with E-state index in [1.165, 1.54) is 6.07 Å². The molecular formula is C19H18ClF2NO4. The first kappa shape index (κ1) is 20.8. The molecule has 1 unspecified atom stereocenters. The fourth-order valence-corrected chi connectivity index (χ4v) is 2.48. The van der Waals surface area contributed by atoms with E-state index in [9.17, 15) is 23.5 Å². The Labute approximate surface area is 159 Å². The molecule has 0 bridgehead atoms. The van der Waals surface area contributed by atoms with Crippen LogP contribution in [0.15, 0.2) is 48.5 Å². The van der Waals surface area contributed by atoms with Gasteiger partial charge >= 0.3 is 5.97 Å². The lowest BCUT2D eigenvalue weighted by Crippen LogP contribution is -2.42. The Balaban J connectivity index is 2.10. The molecule has 5 nitrogen and oxygen atoms in total. The zero-order valence-electron chi connectivity index (χ0n) is 14.3. The van der Waals surface area contributed by atoms with Gasteiger partial charge in [-0.05, 0) is 29.8 Å². The van der Waals surface area contributed by atoms with Gasteiger partial charge in [0.1, 0.15) is 11.5 Å². The zero-order chi connectivity index (χ0) is 19.9. The summed E-state index contributed by atoms with van der Waals surface area (Å²) in [6.07, 6.45) is -0.154. The van der Waals surface area contributed by atoms with Crippen molar-refractivity contribution in [2.24, 2.45) is 0 Å². The summed E-state index contributed by atoms with van der Waals surface area (Å²) in [6, 6.07) is 11.2. The van der Waals surface area contributed by atoms with E-state index in [1.54, 1.807) is 30.3 Å². The molecule has 2 aromatic rings. The average molecular weight is 398 g/mol. The quantitative estimate of drug-likeness (QED) is 0.530. The van der Waals surface area contributed by atoms with E-state index in [2.05, 4.69) is 5.32 Å². The minimum Gasteiger partial charge on any atom is -0.462 e. The molecule has 0 saturated carbocycles. The first-order valence-corrected chi connectivity index (χ1v) is 8.62. The second-order valence-electron chi connectivity index (χ2n) is 5.82. The topological polar surface area (TPSA) is 75.6 Å². The Bertz CT molecular complexity index is 804. The molecule has 0 aliphatic rings. The molecule has 2 rings (SSSR count). The van der Waals surface area contributed by atoms with Crippen molar-refractivity contribution in [2.45, 2.75) is 12.0 Å². The van der Waals surface area contributed by atoms with Crippen molar-refractivity contribution >= 4 is 23.5 Å². The van der Waals surface area contributed by atoms with Crippen LogP contribution in [0, 0.1) is 11.6 Å². The summed E-state index contributed by atoms with van der Waals surface area (Å²) in [6.45, 7) is -0.521. The van der Waals surface area contributed by atoms with Crippen molar-refractivity contribution in [1.29, 1.82) is 0 Å². The molecule has 1 amide bonds. The van der Waals surface area contributed by atoms with Gasteiger partial charge in [-0.2, -0.15) is 0 Å². The van der Waals surface area contributed by atoms with Crippen LogP contribution in [0.25, 0.3) is 0 Å². The molecule has 27 heavy (non-hydrogen) atoms. The smallest absolute Gasteiger partial charge is 0.338 e. The van der Waals surface area contributed by atoms with Crippen molar-refractivity contribution in [3.05, 3.63) is 71.3 Å². The summed E-state index contributed by atoms with van der Waals surface area (Å²) in [7, 11) is 0. The summed E-state index contributed by atoms with van der Waals surface area (Å²) in [5, 5.41) is 13.3. The van der Waals surface area contributed by atoms with Crippen LogP contribution < -0.4 is 5.32 Å². The Kier molecular flexibility index (Phi) is 7.27. The lowest BCUT2D eigenvalue weighted by atomic mass is 9.90.